The van der Waals surface area contributed by atoms with Crippen LogP contribution in [0.15, 0.2) is 5.38 Å². The maximum Gasteiger partial charge on any atom is 0.376 e. The SMILES string of the molecule is O=C(OI)c1nc(C(=O)N2C3CCC2CC3)cs1. The number of halogens is 1. The standard InChI is InChI=1S/C11H11IN2O3S/c12-17-11(16)9-13-8(5-18-9)10(15)14-6-1-2-7(14)4-3-6/h5-7H,1-4H2. The van der Waals surface area contributed by atoms with Crippen molar-refractivity contribution in [2.24, 2.45) is 0 Å². The Kier molecular flexibility index (Phi) is 3.27. The van der Waals surface area contributed by atoms with Gasteiger partial charge >= 0.3 is 5.97 Å². The van der Waals surface area contributed by atoms with Crippen LogP contribution < -0.4 is 0 Å². The first-order chi connectivity index (χ1) is 8.70. The first kappa shape index (κ1) is 12.3. The molecule has 2 aliphatic rings. The van der Waals surface area contributed by atoms with Gasteiger partial charge in [-0.1, -0.05) is 0 Å². The molecule has 0 atom stereocenters. The van der Waals surface area contributed by atoms with Gasteiger partial charge in [0.1, 0.15) is 5.69 Å². The number of rotatable bonds is 2. The van der Waals surface area contributed by atoms with E-state index in [0.29, 0.717) is 17.8 Å². The van der Waals surface area contributed by atoms with Gasteiger partial charge in [0.2, 0.25) is 5.01 Å². The van der Waals surface area contributed by atoms with Crippen LogP contribution in [-0.2, 0) is 3.07 Å². The third-order valence-electron chi connectivity index (χ3n) is 3.66. The molecule has 0 radical (unpaired) electrons. The summed E-state index contributed by atoms with van der Waals surface area (Å²) < 4.78 is 4.56. The quantitative estimate of drug-likeness (QED) is 0.742. The minimum absolute atomic E-state index is 0.0382. The molecule has 7 heteroatoms. The number of hydrogen-bond donors (Lipinski definition) is 0. The number of carbonyl (C=O) groups excluding carboxylic acids is 2. The van der Waals surface area contributed by atoms with Gasteiger partial charge < -0.3 is 7.97 Å². The molecule has 0 spiro atoms. The predicted octanol–water partition coefficient (Wildman–Crippen LogP) is 2.42. The van der Waals surface area contributed by atoms with Crippen LogP contribution in [0.2, 0.25) is 0 Å². The van der Waals surface area contributed by atoms with Crippen molar-refractivity contribution in [2.75, 3.05) is 0 Å². The van der Waals surface area contributed by atoms with Crippen LogP contribution in [0, 0.1) is 0 Å². The van der Waals surface area contributed by atoms with Crippen LogP contribution in [0.3, 0.4) is 0 Å². The lowest BCUT2D eigenvalue weighted by atomic mass is 10.0. The molecule has 2 bridgehead atoms. The Morgan fingerprint density at radius 1 is 1.33 bits per heavy atom. The van der Waals surface area contributed by atoms with E-state index in [0.717, 1.165) is 37.0 Å². The van der Waals surface area contributed by atoms with Gasteiger partial charge in [-0.15, -0.1) is 11.3 Å². The second-order valence-corrected chi connectivity index (χ2v) is 5.88. The number of hydrogen-bond acceptors (Lipinski definition) is 5. The fourth-order valence-electron chi connectivity index (χ4n) is 2.88. The molecular weight excluding hydrogens is 367 g/mol. The second kappa shape index (κ2) is 4.76. The highest BCUT2D eigenvalue weighted by Gasteiger charge is 2.42. The third kappa shape index (κ3) is 1.93. The maximum absolute atomic E-state index is 12.3. The maximum atomic E-state index is 12.3. The molecule has 2 saturated heterocycles. The van der Waals surface area contributed by atoms with Crippen LogP contribution in [0.4, 0.5) is 0 Å². The average Bonchev–Trinajstić information content (AvgIpc) is 3.11. The van der Waals surface area contributed by atoms with Crippen molar-refractivity contribution in [3.8, 4) is 0 Å². The van der Waals surface area contributed by atoms with Crippen LogP contribution in [0.25, 0.3) is 0 Å². The molecule has 0 N–H and O–H groups in total. The van der Waals surface area contributed by atoms with Crippen molar-refractivity contribution >= 4 is 46.2 Å². The van der Waals surface area contributed by atoms with E-state index in [1.54, 1.807) is 5.38 Å². The lowest BCUT2D eigenvalue weighted by Crippen LogP contribution is -2.35. The molecule has 18 heavy (non-hydrogen) atoms. The highest BCUT2D eigenvalue weighted by atomic mass is 127. The minimum Gasteiger partial charge on any atom is -0.389 e. The zero-order valence-electron chi connectivity index (χ0n) is 9.47. The van der Waals surface area contributed by atoms with E-state index >= 15 is 0 Å². The summed E-state index contributed by atoms with van der Waals surface area (Å²) in [4.78, 5) is 29.7. The lowest BCUT2D eigenvalue weighted by molar-refractivity contribution is 0.0724. The number of nitrogens with zero attached hydrogens (tertiary/aromatic N) is 2. The van der Waals surface area contributed by atoms with E-state index in [4.69, 9.17) is 0 Å². The highest BCUT2D eigenvalue weighted by molar-refractivity contribution is 14.1. The minimum atomic E-state index is -0.496. The summed E-state index contributed by atoms with van der Waals surface area (Å²) in [5, 5.41) is 1.88. The molecule has 2 fully saturated rings. The molecule has 3 heterocycles. The van der Waals surface area contributed by atoms with Crippen LogP contribution in [-0.4, -0.2) is 33.8 Å². The number of carbonyl (C=O) groups is 2. The van der Waals surface area contributed by atoms with E-state index in [-0.39, 0.29) is 10.9 Å². The normalized spacial score (nSPS) is 25.5. The Bertz CT molecular complexity index is 484. The number of aromatic nitrogens is 1. The van der Waals surface area contributed by atoms with Crippen LogP contribution in [0.5, 0.6) is 0 Å². The van der Waals surface area contributed by atoms with Crippen LogP contribution in [0.1, 0.15) is 46.0 Å². The van der Waals surface area contributed by atoms with Crippen molar-refractivity contribution < 1.29 is 12.7 Å². The Labute approximate surface area is 122 Å². The first-order valence-corrected chi connectivity index (χ1v) is 7.58. The Hall–Kier alpha value is -0.700. The van der Waals surface area contributed by atoms with Gasteiger partial charge in [-0.05, 0) is 25.7 Å². The second-order valence-electron chi connectivity index (χ2n) is 4.58. The molecule has 96 valence electrons. The number of amides is 1. The van der Waals surface area contributed by atoms with E-state index in [1.807, 2.05) is 4.90 Å². The van der Waals surface area contributed by atoms with Crippen molar-refractivity contribution in [3.63, 3.8) is 0 Å². The smallest absolute Gasteiger partial charge is 0.376 e. The predicted molar refractivity (Wildman–Crippen MR) is 73.8 cm³/mol. The summed E-state index contributed by atoms with van der Waals surface area (Å²) in [6.07, 6.45) is 4.40. The Morgan fingerprint density at radius 2 is 1.94 bits per heavy atom. The zero-order chi connectivity index (χ0) is 12.7. The zero-order valence-corrected chi connectivity index (χ0v) is 12.4. The topological polar surface area (TPSA) is 59.5 Å². The van der Waals surface area contributed by atoms with Gasteiger partial charge in [0.15, 0.2) is 23.0 Å². The number of thiazole rings is 1. The molecule has 3 rings (SSSR count). The summed E-state index contributed by atoms with van der Waals surface area (Å²) in [6.45, 7) is 0. The van der Waals surface area contributed by atoms with E-state index in [9.17, 15) is 9.59 Å². The van der Waals surface area contributed by atoms with E-state index < -0.39 is 5.97 Å². The molecule has 1 aromatic heterocycles. The summed E-state index contributed by atoms with van der Waals surface area (Å²) >= 11 is 2.67. The molecule has 0 aromatic carbocycles. The van der Waals surface area contributed by atoms with Gasteiger partial charge in [-0.2, -0.15) is 0 Å². The van der Waals surface area contributed by atoms with Gasteiger partial charge in [0.05, 0.1) is 0 Å². The molecular formula is C11H11IN2O3S. The fraction of sp³-hybridized carbons (Fsp3) is 0.545. The van der Waals surface area contributed by atoms with Gasteiger partial charge in [-0.3, -0.25) is 4.79 Å². The molecule has 0 unspecified atom stereocenters. The molecule has 2 aliphatic heterocycles. The van der Waals surface area contributed by atoms with Crippen molar-refractivity contribution in [2.45, 2.75) is 37.8 Å². The van der Waals surface area contributed by atoms with Crippen molar-refractivity contribution in [1.82, 2.24) is 9.88 Å². The first-order valence-electron chi connectivity index (χ1n) is 5.82. The van der Waals surface area contributed by atoms with Crippen molar-refractivity contribution in [3.05, 3.63) is 16.1 Å². The number of fused-ring (bicyclic) bond motifs is 2. The summed E-state index contributed by atoms with van der Waals surface area (Å²) in [7, 11) is 0. The van der Waals surface area contributed by atoms with Crippen molar-refractivity contribution in [1.29, 1.82) is 0 Å². The molecule has 0 saturated carbocycles. The summed E-state index contributed by atoms with van der Waals surface area (Å²) in [6, 6.07) is 0.758. The van der Waals surface area contributed by atoms with E-state index in [2.05, 4.69) is 8.05 Å². The molecule has 0 aliphatic carbocycles. The highest BCUT2D eigenvalue weighted by Crippen LogP contribution is 2.38. The average molecular weight is 378 g/mol. The largest absolute Gasteiger partial charge is 0.389 e. The van der Waals surface area contributed by atoms with Gasteiger partial charge in [0.25, 0.3) is 5.91 Å². The molecule has 5 nitrogen and oxygen atoms in total. The molecule has 1 amide bonds. The Balaban J connectivity index is 1.81. The monoisotopic (exact) mass is 378 g/mol. The van der Waals surface area contributed by atoms with Gasteiger partial charge in [-0.25, -0.2) is 9.78 Å². The molecule has 1 aromatic rings. The lowest BCUT2D eigenvalue weighted by Gasteiger charge is -2.20. The summed E-state index contributed by atoms with van der Waals surface area (Å²) in [5.74, 6) is -0.534. The van der Waals surface area contributed by atoms with Gasteiger partial charge in [0, 0.05) is 17.5 Å². The fourth-order valence-corrected chi connectivity index (χ4v) is 3.90. The third-order valence-corrected chi connectivity index (χ3v) is 4.88. The summed E-state index contributed by atoms with van der Waals surface area (Å²) in [5.41, 5.74) is 0.371. The van der Waals surface area contributed by atoms with E-state index in [1.165, 1.54) is 23.0 Å². The van der Waals surface area contributed by atoms with Crippen LogP contribution >= 0.6 is 34.3 Å². The Morgan fingerprint density at radius 3 is 2.50 bits per heavy atom.